The molecule has 1 atom stereocenters. The van der Waals surface area contributed by atoms with Gasteiger partial charge in [0, 0.05) is 0 Å². The highest BCUT2D eigenvalue weighted by molar-refractivity contribution is 7.74. The SMILES string of the molecule is O=C(O)c1cccc(OS(=O)[O-])c1C(=O)O. The number of rotatable bonds is 4. The zero-order valence-corrected chi connectivity index (χ0v) is 8.39. The summed E-state index contributed by atoms with van der Waals surface area (Å²) < 4.78 is 24.7. The van der Waals surface area contributed by atoms with Crippen LogP contribution in [0.2, 0.25) is 0 Å². The number of benzene rings is 1. The molecule has 0 aromatic heterocycles. The Hall–Kier alpha value is -1.93. The molecule has 0 heterocycles. The van der Waals surface area contributed by atoms with Crippen molar-refractivity contribution in [1.82, 2.24) is 0 Å². The van der Waals surface area contributed by atoms with E-state index in [1.54, 1.807) is 0 Å². The Morgan fingerprint density at radius 3 is 2.31 bits per heavy atom. The maximum Gasteiger partial charge on any atom is 0.340 e. The van der Waals surface area contributed by atoms with Crippen molar-refractivity contribution in [1.29, 1.82) is 0 Å². The topological polar surface area (TPSA) is 124 Å². The van der Waals surface area contributed by atoms with Crippen molar-refractivity contribution in [2.75, 3.05) is 0 Å². The van der Waals surface area contributed by atoms with E-state index in [1.807, 2.05) is 0 Å². The lowest BCUT2D eigenvalue weighted by Gasteiger charge is -2.11. The smallest absolute Gasteiger partial charge is 0.340 e. The summed E-state index contributed by atoms with van der Waals surface area (Å²) in [5, 5.41) is 17.5. The predicted octanol–water partition coefficient (Wildman–Crippen LogP) is 0.256. The van der Waals surface area contributed by atoms with Crippen LogP contribution in [0, 0.1) is 0 Å². The summed E-state index contributed by atoms with van der Waals surface area (Å²) in [4.78, 5) is 21.5. The minimum atomic E-state index is -2.97. The molecule has 86 valence electrons. The fourth-order valence-corrected chi connectivity index (χ4v) is 1.36. The summed E-state index contributed by atoms with van der Waals surface area (Å²) in [5.41, 5.74) is -1.25. The first kappa shape index (κ1) is 12.1. The Labute approximate surface area is 91.8 Å². The molecular formula is C8H5O7S-. The van der Waals surface area contributed by atoms with Crippen molar-refractivity contribution in [3.05, 3.63) is 29.3 Å². The van der Waals surface area contributed by atoms with Crippen molar-refractivity contribution in [3.63, 3.8) is 0 Å². The van der Waals surface area contributed by atoms with Gasteiger partial charge < -0.3 is 18.9 Å². The number of carboxylic acid groups (broad SMARTS) is 2. The Kier molecular flexibility index (Phi) is 3.59. The zero-order chi connectivity index (χ0) is 12.3. The molecule has 7 nitrogen and oxygen atoms in total. The van der Waals surface area contributed by atoms with E-state index in [0.717, 1.165) is 12.1 Å². The van der Waals surface area contributed by atoms with Gasteiger partial charge in [-0.15, -0.1) is 0 Å². The molecule has 1 unspecified atom stereocenters. The Balaban J connectivity index is 3.38. The largest absolute Gasteiger partial charge is 0.740 e. The Morgan fingerprint density at radius 2 is 1.88 bits per heavy atom. The maximum absolute atomic E-state index is 10.8. The molecule has 0 fully saturated rings. The van der Waals surface area contributed by atoms with Gasteiger partial charge in [0.15, 0.2) is 5.75 Å². The maximum atomic E-state index is 10.8. The van der Waals surface area contributed by atoms with Crippen LogP contribution in [-0.4, -0.2) is 30.9 Å². The van der Waals surface area contributed by atoms with Crippen molar-refractivity contribution in [3.8, 4) is 5.75 Å². The Morgan fingerprint density at radius 1 is 1.25 bits per heavy atom. The number of hydrogen-bond acceptors (Lipinski definition) is 5. The molecule has 1 rings (SSSR count). The van der Waals surface area contributed by atoms with Gasteiger partial charge in [0.05, 0.1) is 5.56 Å². The molecule has 0 radical (unpaired) electrons. The number of carboxylic acids is 2. The molecule has 0 saturated heterocycles. The van der Waals surface area contributed by atoms with Gasteiger partial charge >= 0.3 is 11.9 Å². The van der Waals surface area contributed by atoms with Crippen molar-refractivity contribution >= 4 is 23.3 Å². The molecule has 1 aromatic rings. The number of hydrogen-bond donors (Lipinski definition) is 2. The monoisotopic (exact) mass is 245 g/mol. The van der Waals surface area contributed by atoms with Crippen LogP contribution in [0.15, 0.2) is 18.2 Å². The first-order chi connectivity index (χ1) is 7.43. The van der Waals surface area contributed by atoms with Crippen LogP contribution < -0.4 is 4.18 Å². The zero-order valence-electron chi connectivity index (χ0n) is 7.58. The second-order valence-corrected chi connectivity index (χ2v) is 3.15. The molecule has 0 bridgehead atoms. The molecule has 0 amide bonds. The molecule has 16 heavy (non-hydrogen) atoms. The predicted molar refractivity (Wildman–Crippen MR) is 49.9 cm³/mol. The van der Waals surface area contributed by atoms with E-state index in [-0.39, 0.29) is 0 Å². The van der Waals surface area contributed by atoms with Gasteiger partial charge in [-0.3, -0.25) is 0 Å². The van der Waals surface area contributed by atoms with Gasteiger partial charge in [0.25, 0.3) is 0 Å². The van der Waals surface area contributed by atoms with Crippen LogP contribution in [0.5, 0.6) is 5.75 Å². The van der Waals surface area contributed by atoms with Crippen molar-refractivity contribution < 1.29 is 32.7 Å². The van der Waals surface area contributed by atoms with Crippen LogP contribution in [0.3, 0.4) is 0 Å². The summed E-state index contributed by atoms with van der Waals surface area (Å²) in [6.45, 7) is 0. The van der Waals surface area contributed by atoms with Gasteiger partial charge in [0.1, 0.15) is 16.9 Å². The van der Waals surface area contributed by atoms with E-state index in [9.17, 15) is 18.4 Å². The van der Waals surface area contributed by atoms with Crippen LogP contribution in [0.1, 0.15) is 20.7 Å². The molecule has 8 heteroatoms. The van der Waals surface area contributed by atoms with Gasteiger partial charge in [-0.1, -0.05) is 6.07 Å². The second kappa shape index (κ2) is 4.73. The molecule has 0 saturated carbocycles. The number of carbonyl (C=O) groups is 2. The first-order valence-corrected chi connectivity index (χ1v) is 4.80. The molecule has 0 aliphatic rings. The normalized spacial score (nSPS) is 11.8. The van der Waals surface area contributed by atoms with E-state index in [4.69, 9.17) is 10.2 Å². The van der Waals surface area contributed by atoms with Gasteiger partial charge in [-0.25, -0.2) is 13.8 Å². The summed E-state index contributed by atoms with van der Waals surface area (Å²) in [7, 11) is 0. The van der Waals surface area contributed by atoms with Crippen LogP contribution in [0.4, 0.5) is 0 Å². The van der Waals surface area contributed by atoms with Gasteiger partial charge in [0.2, 0.25) is 0 Å². The molecule has 0 aliphatic carbocycles. The lowest BCUT2D eigenvalue weighted by atomic mass is 10.1. The minimum absolute atomic E-state index is 0.541. The van der Waals surface area contributed by atoms with Gasteiger partial charge in [-0.2, -0.15) is 0 Å². The molecule has 1 aromatic carbocycles. The average molecular weight is 245 g/mol. The summed E-state index contributed by atoms with van der Waals surface area (Å²) >= 11 is -2.97. The second-order valence-electron chi connectivity index (χ2n) is 2.58. The summed E-state index contributed by atoms with van der Waals surface area (Å²) in [6.07, 6.45) is 0. The third-order valence-corrected chi connectivity index (χ3v) is 1.94. The highest BCUT2D eigenvalue weighted by Gasteiger charge is 2.21. The van der Waals surface area contributed by atoms with Crippen LogP contribution in [0.25, 0.3) is 0 Å². The fraction of sp³-hybridized carbons (Fsp3) is 0. The minimum Gasteiger partial charge on any atom is -0.740 e. The highest BCUT2D eigenvalue weighted by Crippen LogP contribution is 2.23. The summed E-state index contributed by atoms with van der Waals surface area (Å²) in [6, 6.07) is 3.26. The Bertz CT molecular complexity index is 467. The molecule has 2 N–H and O–H groups in total. The standard InChI is InChI=1S/C8H6O7S/c9-7(10)4-2-1-3-5(15-16(13)14)6(4)8(11)12/h1-3H,(H,9,10)(H,11,12)(H,13,14)/p-1. The van der Waals surface area contributed by atoms with Crippen LogP contribution >= 0.6 is 0 Å². The first-order valence-electron chi connectivity index (χ1n) is 3.80. The fourth-order valence-electron chi connectivity index (χ4n) is 1.07. The number of aromatic carboxylic acids is 2. The average Bonchev–Trinajstić information content (AvgIpc) is 2.15. The third kappa shape index (κ3) is 2.55. The summed E-state index contributed by atoms with van der Waals surface area (Å²) in [5.74, 6) is -3.61. The van der Waals surface area contributed by atoms with E-state index in [0.29, 0.717) is 0 Å². The lowest BCUT2D eigenvalue weighted by Crippen LogP contribution is -2.11. The third-order valence-electron chi connectivity index (χ3n) is 1.63. The van der Waals surface area contributed by atoms with Crippen LogP contribution in [-0.2, 0) is 11.4 Å². The highest BCUT2D eigenvalue weighted by atomic mass is 32.2. The van der Waals surface area contributed by atoms with E-state index >= 15 is 0 Å². The molecule has 0 aliphatic heterocycles. The van der Waals surface area contributed by atoms with E-state index in [2.05, 4.69) is 4.18 Å². The van der Waals surface area contributed by atoms with Crippen molar-refractivity contribution in [2.45, 2.75) is 0 Å². The molecule has 0 spiro atoms. The lowest BCUT2D eigenvalue weighted by molar-refractivity contribution is 0.0649. The van der Waals surface area contributed by atoms with E-state index in [1.165, 1.54) is 6.07 Å². The van der Waals surface area contributed by atoms with E-state index < -0.39 is 40.2 Å². The molecular weight excluding hydrogens is 240 g/mol. The van der Waals surface area contributed by atoms with Gasteiger partial charge in [-0.05, 0) is 12.1 Å². The van der Waals surface area contributed by atoms with Crippen molar-refractivity contribution in [2.24, 2.45) is 0 Å². The quantitative estimate of drug-likeness (QED) is 0.728.